The molecule has 0 radical (unpaired) electrons. The number of rotatable bonds is 4. The van der Waals surface area contributed by atoms with E-state index in [2.05, 4.69) is 5.32 Å². The predicted octanol–water partition coefficient (Wildman–Crippen LogP) is 1.43. The van der Waals surface area contributed by atoms with Crippen LogP contribution in [-0.4, -0.2) is 26.2 Å². The summed E-state index contributed by atoms with van der Waals surface area (Å²) < 4.78 is 5.04. The summed E-state index contributed by atoms with van der Waals surface area (Å²) in [5.41, 5.74) is -0.0464. The molecule has 0 aromatic heterocycles. The van der Waals surface area contributed by atoms with E-state index < -0.39 is 0 Å². The highest BCUT2D eigenvalue weighted by Gasteiger charge is 2.30. The maximum absolute atomic E-state index is 11.6. The van der Waals surface area contributed by atoms with Crippen LogP contribution in [0.3, 0.4) is 0 Å². The molecule has 1 atom stereocenters. The zero-order valence-corrected chi connectivity index (χ0v) is 9.31. The SMILES string of the molecule is CCNC(=O)[C@@H](COC)C(C)(C)C. The van der Waals surface area contributed by atoms with Crippen molar-refractivity contribution in [3.63, 3.8) is 0 Å². The van der Waals surface area contributed by atoms with Gasteiger partial charge in [0.05, 0.1) is 12.5 Å². The molecule has 0 aliphatic rings. The first-order valence-corrected chi connectivity index (χ1v) is 4.70. The van der Waals surface area contributed by atoms with Crippen molar-refractivity contribution in [3.8, 4) is 0 Å². The third-order valence-electron chi connectivity index (χ3n) is 2.05. The van der Waals surface area contributed by atoms with Crippen LogP contribution in [-0.2, 0) is 9.53 Å². The molecule has 0 spiro atoms. The number of carbonyl (C=O) groups is 1. The first kappa shape index (κ1) is 12.4. The maximum atomic E-state index is 11.6. The lowest BCUT2D eigenvalue weighted by Gasteiger charge is -2.28. The van der Waals surface area contributed by atoms with E-state index in [1.54, 1.807) is 7.11 Å². The molecule has 0 aliphatic heterocycles. The second kappa shape index (κ2) is 5.22. The summed E-state index contributed by atoms with van der Waals surface area (Å²) in [6.07, 6.45) is 0. The van der Waals surface area contributed by atoms with Crippen LogP contribution < -0.4 is 5.32 Å². The van der Waals surface area contributed by atoms with Crippen LogP contribution in [0.15, 0.2) is 0 Å². The van der Waals surface area contributed by atoms with Gasteiger partial charge in [-0.05, 0) is 12.3 Å². The summed E-state index contributed by atoms with van der Waals surface area (Å²) in [4.78, 5) is 11.6. The van der Waals surface area contributed by atoms with E-state index in [1.807, 2.05) is 27.7 Å². The van der Waals surface area contributed by atoms with Gasteiger partial charge >= 0.3 is 0 Å². The Morgan fingerprint density at radius 3 is 2.31 bits per heavy atom. The van der Waals surface area contributed by atoms with Crippen LogP contribution in [0, 0.1) is 11.3 Å². The lowest BCUT2D eigenvalue weighted by Crippen LogP contribution is -2.40. The van der Waals surface area contributed by atoms with Crippen molar-refractivity contribution in [3.05, 3.63) is 0 Å². The van der Waals surface area contributed by atoms with Gasteiger partial charge < -0.3 is 10.1 Å². The van der Waals surface area contributed by atoms with Gasteiger partial charge in [0.2, 0.25) is 5.91 Å². The van der Waals surface area contributed by atoms with Crippen molar-refractivity contribution in [2.45, 2.75) is 27.7 Å². The van der Waals surface area contributed by atoms with Crippen molar-refractivity contribution in [1.29, 1.82) is 0 Å². The van der Waals surface area contributed by atoms with Gasteiger partial charge in [0, 0.05) is 13.7 Å². The van der Waals surface area contributed by atoms with Gasteiger partial charge in [0.1, 0.15) is 0 Å². The Morgan fingerprint density at radius 1 is 1.46 bits per heavy atom. The number of ether oxygens (including phenoxy) is 1. The van der Waals surface area contributed by atoms with E-state index in [0.717, 1.165) is 0 Å². The minimum Gasteiger partial charge on any atom is -0.384 e. The van der Waals surface area contributed by atoms with E-state index in [9.17, 15) is 4.79 Å². The molecule has 0 aromatic carbocycles. The Bertz CT molecular complexity index is 161. The topological polar surface area (TPSA) is 38.3 Å². The van der Waals surface area contributed by atoms with Gasteiger partial charge in [-0.1, -0.05) is 20.8 Å². The van der Waals surface area contributed by atoms with E-state index in [4.69, 9.17) is 4.74 Å². The molecule has 0 bridgehead atoms. The number of amides is 1. The summed E-state index contributed by atoms with van der Waals surface area (Å²) in [5.74, 6) is 0.00861. The predicted molar refractivity (Wildman–Crippen MR) is 53.5 cm³/mol. The third-order valence-corrected chi connectivity index (χ3v) is 2.05. The number of carbonyl (C=O) groups excluding carboxylic acids is 1. The summed E-state index contributed by atoms with van der Waals surface area (Å²) >= 11 is 0. The fourth-order valence-electron chi connectivity index (χ4n) is 1.18. The van der Waals surface area contributed by atoms with E-state index >= 15 is 0 Å². The van der Waals surface area contributed by atoms with E-state index in [0.29, 0.717) is 13.2 Å². The van der Waals surface area contributed by atoms with E-state index in [-0.39, 0.29) is 17.2 Å². The molecule has 3 nitrogen and oxygen atoms in total. The highest BCUT2D eigenvalue weighted by molar-refractivity contribution is 5.79. The van der Waals surface area contributed by atoms with Gasteiger partial charge in [-0.25, -0.2) is 0 Å². The zero-order chi connectivity index (χ0) is 10.5. The van der Waals surface area contributed by atoms with Crippen molar-refractivity contribution < 1.29 is 9.53 Å². The molecule has 78 valence electrons. The second-order valence-corrected chi connectivity index (χ2v) is 4.27. The Balaban J connectivity index is 4.33. The van der Waals surface area contributed by atoms with E-state index in [1.165, 1.54) is 0 Å². The van der Waals surface area contributed by atoms with Crippen LogP contribution in [0.2, 0.25) is 0 Å². The molecule has 0 unspecified atom stereocenters. The fourth-order valence-corrected chi connectivity index (χ4v) is 1.18. The van der Waals surface area contributed by atoms with Crippen LogP contribution in [0.5, 0.6) is 0 Å². The van der Waals surface area contributed by atoms with Crippen LogP contribution >= 0.6 is 0 Å². The normalized spacial score (nSPS) is 13.9. The average molecular weight is 187 g/mol. The molecular weight excluding hydrogens is 166 g/mol. The smallest absolute Gasteiger partial charge is 0.225 e. The maximum Gasteiger partial charge on any atom is 0.225 e. The number of nitrogens with one attached hydrogen (secondary N) is 1. The minimum atomic E-state index is -0.0718. The van der Waals surface area contributed by atoms with Crippen LogP contribution in [0.1, 0.15) is 27.7 Å². The minimum absolute atomic E-state index is 0.0464. The Kier molecular flexibility index (Phi) is 4.99. The van der Waals surface area contributed by atoms with Gasteiger partial charge in [-0.2, -0.15) is 0 Å². The average Bonchev–Trinajstić information content (AvgIpc) is 1.98. The summed E-state index contributed by atoms with van der Waals surface area (Å²) in [6.45, 7) is 9.22. The molecule has 13 heavy (non-hydrogen) atoms. The first-order valence-electron chi connectivity index (χ1n) is 4.70. The van der Waals surface area contributed by atoms with Crippen molar-refractivity contribution >= 4 is 5.91 Å². The molecule has 0 fully saturated rings. The Morgan fingerprint density at radius 2 is 2.00 bits per heavy atom. The highest BCUT2D eigenvalue weighted by Crippen LogP contribution is 2.26. The molecule has 0 aliphatic carbocycles. The molecule has 1 amide bonds. The summed E-state index contributed by atoms with van der Waals surface area (Å²) in [5, 5.41) is 2.82. The quantitative estimate of drug-likeness (QED) is 0.723. The molecule has 0 saturated heterocycles. The van der Waals surface area contributed by atoms with Gasteiger partial charge in [-0.3, -0.25) is 4.79 Å². The largest absolute Gasteiger partial charge is 0.384 e. The molecule has 0 saturated carbocycles. The van der Waals surface area contributed by atoms with Crippen LogP contribution in [0.4, 0.5) is 0 Å². The standard InChI is InChI=1S/C10H21NO2/c1-6-11-9(12)8(7-13-5)10(2,3)4/h8H,6-7H2,1-5H3,(H,11,12)/t8-/m1/s1. The molecule has 0 rings (SSSR count). The summed E-state index contributed by atoms with van der Waals surface area (Å²) in [6, 6.07) is 0. The number of hydrogen-bond acceptors (Lipinski definition) is 2. The van der Waals surface area contributed by atoms with Gasteiger partial charge in [0.15, 0.2) is 0 Å². The third kappa shape index (κ3) is 4.27. The first-order chi connectivity index (χ1) is 5.93. The molecule has 1 N–H and O–H groups in total. The zero-order valence-electron chi connectivity index (χ0n) is 9.31. The fraction of sp³-hybridized carbons (Fsp3) is 0.900. The lowest BCUT2D eigenvalue weighted by atomic mass is 9.80. The Hall–Kier alpha value is -0.570. The molecule has 0 heterocycles. The van der Waals surface area contributed by atoms with Crippen molar-refractivity contribution in [2.24, 2.45) is 11.3 Å². The van der Waals surface area contributed by atoms with Crippen LogP contribution in [0.25, 0.3) is 0 Å². The van der Waals surface area contributed by atoms with Crippen molar-refractivity contribution in [2.75, 3.05) is 20.3 Å². The molecular formula is C10H21NO2. The lowest BCUT2D eigenvalue weighted by molar-refractivity contribution is -0.130. The molecule has 3 heteroatoms. The second-order valence-electron chi connectivity index (χ2n) is 4.27. The molecule has 0 aromatic rings. The van der Waals surface area contributed by atoms with Crippen molar-refractivity contribution in [1.82, 2.24) is 5.32 Å². The monoisotopic (exact) mass is 187 g/mol. The Labute approximate surface area is 80.8 Å². The summed E-state index contributed by atoms with van der Waals surface area (Å²) in [7, 11) is 1.62. The number of methoxy groups -OCH3 is 1. The number of hydrogen-bond donors (Lipinski definition) is 1. The van der Waals surface area contributed by atoms with Gasteiger partial charge in [-0.15, -0.1) is 0 Å². The van der Waals surface area contributed by atoms with Gasteiger partial charge in [0.25, 0.3) is 0 Å². The highest BCUT2D eigenvalue weighted by atomic mass is 16.5.